The molecule has 1 aromatic rings. The fraction of sp³-hybridized carbons (Fsp3) is 0.588. The van der Waals surface area contributed by atoms with Crippen molar-refractivity contribution in [2.75, 3.05) is 32.8 Å². The zero-order valence-electron chi connectivity index (χ0n) is 12.9. The third-order valence-electron chi connectivity index (χ3n) is 4.77. The molecule has 2 heterocycles. The third-order valence-corrected chi connectivity index (χ3v) is 4.77. The molecule has 0 aliphatic carbocycles. The van der Waals surface area contributed by atoms with Gasteiger partial charge in [-0.25, -0.2) is 0 Å². The van der Waals surface area contributed by atoms with Crippen LogP contribution < -0.4 is 0 Å². The molecule has 1 fully saturated rings. The molecule has 1 saturated heterocycles. The Labute approximate surface area is 131 Å². The average Bonchev–Trinajstić information content (AvgIpc) is 2.55. The van der Waals surface area contributed by atoms with Gasteiger partial charge in [-0.05, 0) is 30.4 Å². The SMILES string of the molecule is O=C(CN1CCc2ccccc2C1)N1CCC[C@](O)(CO)C1. The van der Waals surface area contributed by atoms with Gasteiger partial charge in [-0.1, -0.05) is 24.3 Å². The predicted octanol–water partition coefficient (Wildman–Crippen LogP) is 0.390. The normalized spacial score (nSPS) is 25.8. The van der Waals surface area contributed by atoms with Crippen molar-refractivity contribution in [1.29, 1.82) is 0 Å². The van der Waals surface area contributed by atoms with Crippen molar-refractivity contribution in [3.63, 3.8) is 0 Å². The molecule has 3 rings (SSSR count). The molecule has 5 heteroatoms. The molecule has 0 aromatic heterocycles. The summed E-state index contributed by atoms with van der Waals surface area (Å²) in [5.41, 5.74) is 1.55. The number of hydrogen-bond acceptors (Lipinski definition) is 4. The van der Waals surface area contributed by atoms with E-state index in [1.165, 1.54) is 11.1 Å². The van der Waals surface area contributed by atoms with E-state index >= 15 is 0 Å². The van der Waals surface area contributed by atoms with Crippen LogP contribution in [-0.4, -0.2) is 64.3 Å². The van der Waals surface area contributed by atoms with Crippen molar-refractivity contribution in [2.45, 2.75) is 31.4 Å². The number of carbonyl (C=O) groups is 1. The lowest BCUT2D eigenvalue weighted by Crippen LogP contribution is -2.54. The van der Waals surface area contributed by atoms with Gasteiger partial charge in [0.05, 0.1) is 19.7 Å². The Morgan fingerprint density at radius 1 is 1.23 bits per heavy atom. The van der Waals surface area contributed by atoms with Gasteiger partial charge in [0.15, 0.2) is 0 Å². The van der Waals surface area contributed by atoms with Gasteiger partial charge in [0.2, 0.25) is 5.91 Å². The van der Waals surface area contributed by atoms with Crippen molar-refractivity contribution in [2.24, 2.45) is 0 Å². The lowest BCUT2D eigenvalue weighted by atomic mass is 9.93. The van der Waals surface area contributed by atoms with Crippen molar-refractivity contribution in [3.8, 4) is 0 Å². The number of carbonyl (C=O) groups excluding carboxylic acids is 1. The molecule has 1 amide bonds. The summed E-state index contributed by atoms with van der Waals surface area (Å²) in [6.45, 7) is 2.71. The highest BCUT2D eigenvalue weighted by molar-refractivity contribution is 5.78. The minimum Gasteiger partial charge on any atom is -0.393 e. The van der Waals surface area contributed by atoms with Crippen LogP contribution in [0.2, 0.25) is 0 Å². The number of fused-ring (bicyclic) bond motifs is 1. The molecule has 1 atom stereocenters. The van der Waals surface area contributed by atoms with Gasteiger partial charge in [0.25, 0.3) is 0 Å². The van der Waals surface area contributed by atoms with Crippen LogP contribution in [0.3, 0.4) is 0 Å². The molecule has 0 spiro atoms. The van der Waals surface area contributed by atoms with Crippen LogP contribution in [0.4, 0.5) is 0 Å². The minimum atomic E-state index is -1.12. The van der Waals surface area contributed by atoms with Crippen LogP contribution in [0.5, 0.6) is 0 Å². The Morgan fingerprint density at radius 2 is 2.00 bits per heavy atom. The summed E-state index contributed by atoms with van der Waals surface area (Å²) in [5.74, 6) is 0.0472. The molecular formula is C17H24N2O3. The number of likely N-dealkylation sites (tertiary alicyclic amines) is 1. The Bertz CT molecular complexity index is 548. The van der Waals surface area contributed by atoms with Gasteiger partial charge in [-0.3, -0.25) is 9.69 Å². The third kappa shape index (κ3) is 3.32. The van der Waals surface area contributed by atoms with Gasteiger partial charge in [-0.2, -0.15) is 0 Å². The molecule has 0 radical (unpaired) electrons. The van der Waals surface area contributed by atoms with E-state index in [0.717, 1.165) is 25.9 Å². The number of rotatable bonds is 3. The van der Waals surface area contributed by atoms with E-state index < -0.39 is 5.60 Å². The standard InChI is InChI=1S/C17H24N2O3/c20-13-17(22)7-3-8-19(12-17)16(21)11-18-9-6-14-4-1-2-5-15(14)10-18/h1-2,4-5,20,22H,3,6-13H2/t17-/m1/s1. The van der Waals surface area contributed by atoms with Crippen LogP contribution >= 0.6 is 0 Å². The smallest absolute Gasteiger partial charge is 0.236 e. The van der Waals surface area contributed by atoms with Crippen LogP contribution in [-0.2, 0) is 17.8 Å². The molecule has 120 valence electrons. The van der Waals surface area contributed by atoms with E-state index in [9.17, 15) is 15.0 Å². The molecule has 5 nitrogen and oxygen atoms in total. The molecule has 22 heavy (non-hydrogen) atoms. The summed E-state index contributed by atoms with van der Waals surface area (Å²) >= 11 is 0. The molecule has 0 bridgehead atoms. The quantitative estimate of drug-likeness (QED) is 0.848. The first kappa shape index (κ1) is 15.5. The second-order valence-electron chi connectivity index (χ2n) is 6.53. The van der Waals surface area contributed by atoms with E-state index in [0.29, 0.717) is 19.5 Å². The Balaban J connectivity index is 1.59. The second-order valence-corrected chi connectivity index (χ2v) is 6.53. The van der Waals surface area contributed by atoms with Gasteiger partial charge in [0.1, 0.15) is 5.60 Å². The van der Waals surface area contributed by atoms with Gasteiger partial charge >= 0.3 is 0 Å². The monoisotopic (exact) mass is 304 g/mol. The molecule has 0 unspecified atom stereocenters. The molecule has 0 saturated carbocycles. The van der Waals surface area contributed by atoms with Crippen molar-refractivity contribution in [3.05, 3.63) is 35.4 Å². The maximum absolute atomic E-state index is 12.5. The predicted molar refractivity (Wildman–Crippen MR) is 83.3 cm³/mol. The van der Waals surface area contributed by atoms with Crippen molar-refractivity contribution >= 4 is 5.91 Å². The number of piperidine rings is 1. The zero-order chi connectivity index (χ0) is 15.6. The average molecular weight is 304 g/mol. The first-order chi connectivity index (χ1) is 10.6. The lowest BCUT2D eigenvalue weighted by molar-refractivity contribution is -0.142. The molecular weight excluding hydrogens is 280 g/mol. The molecule has 2 aliphatic rings. The highest BCUT2D eigenvalue weighted by atomic mass is 16.3. The number of aliphatic hydroxyl groups excluding tert-OH is 1. The molecule has 1 aromatic carbocycles. The lowest BCUT2D eigenvalue weighted by Gasteiger charge is -2.39. The van der Waals surface area contributed by atoms with E-state index in [1.54, 1.807) is 4.90 Å². The summed E-state index contributed by atoms with van der Waals surface area (Å²) in [4.78, 5) is 16.3. The first-order valence-corrected chi connectivity index (χ1v) is 8.00. The number of amides is 1. The van der Waals surface area contributed by atoms with Crippen LogP contribution in [0.15, 0.2) is 24.3 Å². The summed E-state index contributed by atoms with van der Waals surface area (Å²) < 4.78 is 0. The maximum atomic E-state index is 12.5. The first-order valence-electron chi connectivity index (χ1n) is 8.00. The highest BCUT2D eigenvalue weighted by Crippen LogP contribution is 2.22. The number of benzene rings is 1. The van der Waals surface area contributed by atoms with E-state index in [2.05, 4.69) is 23.1 Å². The van der Waals surface area contributed by atoms with E-state index in [4.69, 9.17) is 0 Å². The molecule has 2 aliphatic heterocycles. The van der Waals surface area contributed by atoms with Gasteiger partial charge < -0.3 is 15.1 Å². The van der Waals surface area contributed by atoms with E-state index in [1.807, 2.05) is 6.07 Å². The number of aliphatic hydroxyl groups is 2. The Kier molecular flexibility index (Phi) is 4.47. The van der Waals surface area contributed by atoms with Crippen LogP contribution in [0.1, 0.15) is 24.0 Å². The fourth-order valence-corrected chi connectivity index (χ4v) is 3.43. The highest BCUT2D eigenvalue weighted by Gasteiger charge is 2.35. The van der Waals surface area contributed by atoms with Gasteiger partial charge in [0, 0.05) is 19.6 Å². The van der Waals surface area contributed by atoms with Crippen LogP contribution in [0, 0.1) is 0 Å². The summed E-state index contributed by atoms with van der Waals surface area (Å²) in [7, 11) is 0. The fourth-order valence-electron chi connectivity index (χ4n) is 3.43. The van der Waals surface area contributed by atoms with E-state index in [-0.39, 0.29) is 19.1 Å². The maximum Gasteiger partial charge on any atom is 0.236 e. The van der Waals surface area contributed by atoms with Crippen molar-refractivity contribution < 1.29 is 15.0 Å². The Hall–Kier alpha value is -1.43. The summed E-state index contributed by atoms with van der Waals surface area (Å²) in [6, 6.07) is 8.37. The number of nitrogens with zero attached hydrogens (tertiary/aromatic N) is 2. The largest absolute Gasteiger partial charge is 0.393 e. The summed E-state index contributed by atoms with van der Waals surface area (Å²) in [6.07, 6.45) is 2.28. The van der Waals surface area contributed by atoms with Crippen molar-refractivity contribution in [1.82, 2.24) is 9.80 Å². The van der Waals surface area contributed by atoms with Crippen LogP contribution in [0.25, 0.3) is 0 Å². The number of β-amino-alcohol motifs (C(OH)–C–C–N with tert-alkyl or cyclic N) is 1. The second kappa shape index (κ2) is 6.36. The molecule has 2 N–H and O–H groups in total. The summed E-state index contributed by atoms with van der Waals surface area (Å²) in [5, 5.41) is 19.5. The van der Waals surface area contributed by atoms with Gasteiger partial charge in [-0.15, -0.1) is 0 Å². The topological polar surface area (TPSA) is 64.0 Å². The Morgan fingerprint density at radius 3 is 2.77 bits per heavy atom. The minimum absolute atomic E-state index is 0.0472. The zero-order valence-corrected chi connectivity index (χ0v) is 12.9. The number of hydrogen-bond donors (Lipinski definition) is 2.